The van der Waals surface area contributed by atoms with Crippen molar-refractivity contribution >= 4 is 31.0 Å². The highest BCUT2D eigenvalue weighted by atomic mass is 35.5. The molecule has 0 unspecified atom stereocenters. The minimum absolute atomic E-state index is 0.272. The van der Waals surface area contributed by atoms with Gasteiger partial charge in [0.15, 0.2) is 8.32 Å². The van der Waals surface area contributed by atoms with Gasteiger partial charge in [0.1, 0.15) is 17.1 Å². The molecule has 0 aliphatic heterocycles. The zero-order valence-electron chi connectivity index (χ0n) is 15.3. The first kappa shape index (κ1) is 17.9. The zero-order valence-corrected chi connectivity index (χ0v) is 17.1. The lowest BCUT2D eigenvalue weighted by molar-refractivity contribution is 0.119. The van der Waals surface area contributed by atoms with E-state index < -0.39 is 8.32 Å². The molecule has 0 atom stereocenters. The molecule has 1 fully saturated rings. The van der Waals surface area contributed by atoms with Gasteiger partial charge in [-0.05, 0) is 49.9 Å². The Morgan fingerprint density at radius 2 is 1.83 bits per heavy atom. The van der Waals surface area contributed by atoms with Crippen LogP contribution in [0.3, 0.4) is 0 Å². The second-order valence-corrected chi connectivity index (χ2v) is 13.5. The number of aromatic nitrogens is 3. The van der Waals surface area contributed by atoms with Gasteiger partial charge in [-0.3, -0.25) is 0 Å². The van der Waals surface area contributed by atoms with Crippen LogP contribution < -0.4 is 0 Å². The molecule has 0 saturated heterocycles. The van der Waals surface area contributed by atoms with Gasteiger partial charge in [-0.1, -0.05) is 32.4 Å². The van der Waals surface area contributed by atoms with Crippen molar-refractivity contribution in [2.75, 3.05) is 0 Å². The maximum atomic E-state index is 6.60. The third-order valence-electron chi connectivity index (χ3n) is 5.77. The average Bonchev–Trinajstić information content (AvgIpc) is 2.92. The summed E-state index contributed by atoms with van der Waals surface area (Å²) in [5, 5.41) is 1.75. The van der Waals surface area contributed by atoms with Crippen molar-refractivity contribution in [3.63, 3.8) is 0 Å². The van der Waals surface area contributed by atoms with Crippen molar-refractivity contribution in [2.45, 2.75) is 76.7 Å². The Kier molecular flexibility index (Phi) is 4.79. The maximum absolute atomic E-state index is 6.60. The van der Waals surface area contributed by atoms with Crippen LogP contribution in [0.4, 0.5) is 0 Å². The Morgan fingerprint density at radius 3 is 2.46 bits per heavy atom. The van der Waals surface area contributed by atoms with Crippen LogP contribution in [0, 0.1) is 0 Å². The molecule has 0 N–H and O–H groups in total. The van der Waals surface area contributed by atoms with Gasteiger partial charge >= 0.3 is 0 Å². The van der Waals surface area contributed by atoms with Crippen LogP contribution >= 0.6 is 11.6 Å². The molecule has 1 aliphatic rings. The topological polar surface area (TPSA) is 39.9 Å². The molecule has 1 aliphatic carbocycles. The summed E-state index contributed by atoms with van der Waals surface area (Å²) < 4.78 is 8.87. The molecule has 24 heavy (non-hydrogen) atoms. The summed E-state index contributed by atoms with van der Waals surface area (Å²) in [5.41, 5.74) is 0.948. The molecule has 6 heteroatoms. The largest absolute Gasteiger partial charge is 0.414 e. The Hall–Kier alpha value is -0.913. The summed E-state index contributed by atoms with van der Waals surface area (Å²) in [6, 6.07) is 2.50. The molecule has 0 amide bonds. The second-order valence-electron chi connectivity index (χ2n) is 8.43. The van der Waals surface area contributed by atoms with Crippen molar-refractivity contribution in [3.8, 4) is 0 Å². The van der Waals surface area contributed by atoms with E-state index in [4.69, 9.17) is 16.0 Å². The van der Waals surface area contributed by atoms with Crippen LogP contribution in [0.1, 0.15) is 52.5 Å². The summed E-state index contributed by atoms with van der Waals surface area (Å²) in [6.07, 6.45) is 8.56. The van der Waals surface area contributed by atoms with Crippen molar-refractivity contribution in [1.82, 2.24) is 14.5 Å². The SMILES string of the molecule is CC(C)(C)[Si](C)(C)O[C@H]1CC[C@@H](n2ccc3c(Cl)ncnc32)CC1. The number of halogens is 1. The molecule has 2 heterocycles. The standard InChI is InChI=1S/C18H28ClN3OSi/c1-18(2,3)24(4,5)23-14-8-6-13(7-9-14)22-11-10-15-16(19)20-12-21-17(15)22/h10-14H,6-9H2,1-5H3/t13-,14+. The van der Waals surface area contributed by atoms with Gasteiger partial charge in [0.25, 0.3) is 0 Å². The number of hydrogen-bond donors (Lipinski definition) is 0. The summed E-state index contributed by atoms with van der Waals surface area (Å²) in [4.78, 5) is 8.50. The van der Waals surface area contributed by atoms with E-state index >= 15 is 0 Å². The Labute approximate surface area is 150 Å². The average molecular weight is 366 g/mol. The monoisotopic (exact) mass is 365 g/mol. The fourth-order valence-corrected chi connectivity index (χ4v) is 4.88. The fraction of sp³-hybridized carbons (Fsp3) is 0.667. The van der Waals surface area contributed by atoms with Gasteiger partial charge < -0.3 is 8.99 Å². The van der Waals surface area contributed by atoms with E-state index in [-0.39, 0.29) is 5.04 Å². The fourth-order valence-electron chi connectivity index (χ4n) is 3.27. The van der Waals surface area contributed by atoms with Gasteiger partial charge in [-0.15, -0.1) is 0 Å². The van der Waals surface area contributed by atoms with Gasteiger partial charge in [0, 0.05) is 18.3 Å². The Balaban J connectivity index is 1.68. The van der Waals surface area contributed by atoms with Crippen LogP contribution in [0.5, 0.6) is 0 Å². The first-order valence-corrected chi connectivity index (χ1v) is 12.1. The maximum Gasteiger partial charge on any atom is 0.192 e. The Bertz CT molecular complexity index is 715. The lowest BCUT2D eigenvalue weighted by atomic mass is 9.93. The normalized spacial score (nSPS) is 22.9. The van der Waals surface area contributed by atoms with Crippen LogP contribution in [-0.4, -0.2) is 29.0 Å². The van der Waals surface area contributed by atoms with E-state index in [2.05, 4.69) is 54.6 Å². The van der Waals surface area contributed by atoms with Crippen molar-refractivity contribution in [3.05, 3.63) is 23.7 Å². The molecule has 0 spiro atoms. The quantitative estimate of drug-likeness (QED) is 0.525. The number of hydrogen-bond acceptors (Lipinski definition) is 3. The van der Waals surface area contributed by atoms with Gasteiger partial charge in [-0.25, -0.2) is 9.97 Å². The van der Waals surface area contributed by atoms with Crippen molar-refractivity contribution in [2.24, 2.45) is 0 Å². The molecule has 0 aromatic carbocycles. The molecule has 3 rings (SSSR count). The van der Waals surface area contributed by atoms with E-state index in [0.29, 0.717) is 17.3 Å². The molecule has 0 bridgehead atoms. The van der Waals surface area contributed by atoms with E-state index in [9.17, 15) is 0 Å². The van der Waals surface area contributed by atoms with Gasteiger partial charge in [-0.2, -0.15) is 0 Å². The lowest BCUT2D eigenvalue weighted by Crippen LogP contribution is -2.44. The molecule has 2 aromatic heterocycles. The van der Waals surface area contributed by atoms with Gasteiger partial charge in [0.05, 0.1) is 5.39 Å². The highest BCUT2D eigenvalue weighted by Crippen LogP contribution is 2.40. The Morgan fingerprint density at radius 1 is 1.17 bits per heavy atom. The van der Waals surface area contributed by atoms with E-state index in [1.807, 2.05) is 6.07 Å². The van der Waals surface area contributed by atoms with E-state index in [0.717, 1.165) is 36.7 Å². The lowest BCUT2D eigenvalue weighted by Gasteiger charge is -2.41. The smallest absolute Gasteiger partial charge is 0.192 e. The second kappa shape index (κ2) is 6.43. The van der Waals surface area contributed by atoms with Crippen molar-refractivity contribution < 1.29 is 4.43 Å². The van der Waals surface area contributed by atoms with Crippen LogP contribution in [0.2, 0.25) is 23.3 Å². The van der Waals surface area contributed by atoms with E-state index in [1.165, 1.54) is 0 Å². The molecular weight excluding hydrogens is 338 g/mol. The number of fused-ring (bicyclic) bond motifs is 1. The van der Waals surface area contributed by atoms with Crippen LogP contribution in [0.25, 0.3) is 11.0 Å². The first-order chi connectivity index (χ1) is 11.2. The molecule has 1 saturated carbocycles. The minimum atomic E-state index is -1.68. The first-order valence-electron chi connectivity index (χ1n) is 8.84. The summed E-state index contributed by atoms with van der Waals surface area (Å²) in [5.74, 6) is 0. The molecule has 132 valence electrons. The van der Waals surface area contributed by atoms with Crippen LogP contribution in [-0.2, 0) is 4.43 Å². The zero-order chi connectivity index (χ0) is 17.5. The molecular formula is C18H28ClN3OSi. The summed E-state index contributed by atoms with van der Waals surface area (Å²) in [7, 11) is -1.68. The van der Waals surface area contributed by atoms with E-state index in [1.54, 1.807) is 6.33 Å². The molecule has 4 nitrogen and oxygen atoms in total. The highest BCUT2D eigenvalue weighted by molar-refractivity contribution is 6.74. The molecule has 0 radical (unpaired) electrons. The minimum Gasteiger partial charge on any atom is -0.414 e. The highest BCUT2D eigenvalue weighted by Gasteiger charge is 2.40. The number of rotatable bonds is 3. The molecule has 2 aromatic rings. The van der Waals surface area contributed by atoms with Gasteiger partial charge in [0.2, 0.25) is 0 Å². The van der Waals surface area contributed by atoms with Crippen molar-refractivity contribution in [1.29, 1.82) is 0 Å². The predicted octanol–water partition coefficient (Wildman–Crippen LogP) is 5.59. The van der Waals surface area contributed by atoms with Crippen LogP contribution in [0.15, 0.2) is 18.6 Å². The summed E-state index contributed by atoms with van der Waals surface area (Å²) >= 11 is 6.17. The number of nitrogens with zero attached hydrogens (tertiary/aromatic N) is 3. The third kappa shape index (κ3) is 3.39. The predicted molar refractivity (Wildman–Crippen MR) is 102 cm³/mol. The summed E-state index contributed by atoms with van der Waals surface area (Å²) in [6.45, 7) is 11.6. The third-order valence-corrected chi connectivity index (χ3v) is 10.6.